The second kappa shape index (κ2) is 9.91. The predicted octanol–water partition coefficient (Wildman–Crippen LogP) is 5.01. The third-order valence-corrected chi connectivity index (χ3v) is 5.28. The van der Waals surface area contributed by atoms with Crippen molar-refractivity contribution in [1.82, 2.24) is 0 Å². The molecule has 0 fully saturated rings. The predicted molar refractivity (Wildman–Crippen MR) is 130 cm³/mol. The number of hydrogen-bond acceptors (Lipinski definition) is 5. The molecule has 168 valence electrons. The molecule has 0 bridgehead atoms. The summed E-state index contributed by atoms with van der Waals surface area (Å²) in [7, 11) is 0. The molecule has 0 atom stereocenters. The molecule has 0 aliphatic rings. The van der Waals surface area contributed by atoms with E-state index in [9.17, 15) is 9.59 Å². The van der Waals surface area contributed by atoms with Gasteiger partial charge in [0.25, 0.3) is 5.91 Å². The minimum absolute atomic E-state index is 0.248. The lowest BCUT2D eigenvalue weighted by molar-refractivity contribution is -0.107. The number of nitrogens with two attached hydrogens (primary N) is 1. The van der Waals surface area contributed by atoms with Gasteiger partial charge >= 0.3 is 0 Å². The molecule has 0 aliphatic heterocycles. The van der Waals surface area contributed by atoms with Crippen LogP contribution in [-0.4, -0.2) is 25.5 Å². The SMILES string of the molecule is Cc1cccc2cc(N(C=O)CCCOc3ccc(C(=O)Nc4ccccc4N)cc3)oc12. The summed E-state index contributed by atoms with van der Waals surface area (Å²) in [5.41, 5.74) is 9.26. The number of amides is 2. The number of ether oxygens (including phenoxy) is 1. The molecule has 0 saturated carbocycles. The van der Waals surface area contributed by atoms with Crippen LogP contribution in [0, 0.1) is 6.92 Å². The second-order valence-corrected chi connectivity index (χ2v) is 7.64. The number of rotatable bonds is 9. The van der Waals surface area contributed by atoms with Crippen LogP contribution in [-0.2, 0) is 4.79 Å². The third-order valence-electron chi connectivity index (χ3n) is 5.28. The van der Waals surface area contributed by atoms with Crippen molar-refractivity contribution >= 4 is 40.5 Å². The molecule has 1 heterocycles. The van der Waals surface area contributed by atoms with Crippen LogP contribution in [0.1, 0.15) is 22.3 Å². The first kappa shape index (κ1) is 22.0. The summed E-state index contributed by atoms with van der Waals surface area (Å²) >= 11 is 0. The standard InChI is InChI=1S/C26H25N3O4/c1-18-6-4-7-20-16-24(33-25(18)20)29(17-30)14-5-15-32-21-12-10-19(11-13-21)26(31)28-23-9-3-2-8-22(23)27/h2-4,6-13,16-17H,5,14-15,27H2,1H3,(H,28,31). The van der Waals surface area contributed by atoms with Gasteiger partial charge in [-0.2, -0.15) is 0 Å². The van der Waals surface area contributed by atoms with Crippen molar-refractivity contribution in [1.29, 1.82) is 0 Å². The summed E-state index contributed by atoms with van der Waals surface area (Å²) in [6.07, 6.45) is 1.38. The largest absolute Gasteiger partial charge is 0.494 e. The van der Waals surface area contributed by atoms with Gasteiger partial charge in [0.05, 0.1) is 18.0 Å². The van der Waals surface area contributed by atoms with Crippen LogP contribution in [0.2, 0.25) is 0 Å². The summed E-state index contributed by atoms with van der Waals surface area (Å²) in [5.74, 6) is 0.911. The molecular formula is C26H25N3O4. The van der Waals surface area contributed by atoms with E-state index in [1.807, 2.05) is 43.3 Å². The second-order valence-electron chi connectivity index (χ2n) is 7.64. The van der Waals surface area contributed by atoms with Crippen molar-refractivity contribution in [3.05, 3.63) is 83.9 Å². The van der Waals surface area contributed by atoms with Crippen LogP contribution < -0.4 is 20.7 Å². The lowest BCUT2D eigenvalue weighted by atomic mass is 10.2. The molecular weight excluding hydrogens is 418 g/mol. The summed E-state index contributed by atoms with van der Waals surface area (Å²) in [4.78, 5) is 25.5. The summed E-state index contributed by atoms with van der Waals surface area (Å²) < 4.78 is 11.6. The zero-order valence-corrected chi connectivity index (χ0v) is 18.3. The summed E-state index contributed by atoms with van der Waals surface area (Å²) in [6.45, 7) is 2.85. The smallest absolute Gasteiger partial charge is 0.255 e. The molecule has 0 unspecified atom stereocenters. The molecule has 4 rings (SSSR count). The fraction of sp³-hybridized carbons (Fsp3) is 0.154. The number of benzene rings is 3. The lowest BCUT2D eigenvalue weighted by Gasteiger charge is -2.14. The number of aryl methyl sites for hydroxylation is 1. The van der Waals surface area contributed by atoms with Crippen molar-refractivity contribution in [2.75, 3.05) is 29.1 Å². The van der Waals surface area contributed by atoms with Crippen LogP contribution in [0.4, 0.5) is 17.3 Å². The quantitative estimate of drug-likeness (QED) is 0.215. The van der Waals surface area contributed by atoms with E-state index in [0.717, 1.165) is 22.9 Å². The highest BCUT2D eigenvalue weighted by Crippen LogP contribution is 2.28. The van der Waals surface area contributed by atoms with Crippen LogP contribution >= 0.6 is 0 Å². The molecule has 0 aliphatic carbocycles. The van der Waals surface area contributed by atoms with E-state index in [0.29, 0.717) is 48.1 Å². The first-order valence-corrected chi connectivity index (χ1v) is 10.6. The first-order chi connectivity index (χ1) is 16.0. The maximum absolute atomic E-state index is 12.4. The molecule has 0 spiro atoms. The van der Waals surface area contributed by atoms with Gasteiger partial charge in [-0.25, -0.2) is 0 Å². The first-order valence-electron chi connectivity index (χ1n) is 10.6. The average Bonchev–Trinajstić information content (AvgIpc) is 3.26. The maximum atomic E-state index is 12.4. The highest BCUT2D eigenvalue weighted by Gasteiger charge is 2.13. The molecule has 7 heteroatoms. The van der Waals surface area contributed by atoms with Gasteiger partial charge in [0.15, 0.2) is 0 Å². The summed E-state index contributed by atoms with van der Waals surface area (Å²) in [6, 6.07) is 21.7. The van der Waals surface area contributed by atoms with E-state index in [2.05, 4.69) is 5.32 Å². The minimum atomic E-state index is -0.248. The molecule has 7 nitrogen and oxygen atoms in total. The Morgan fingerprint density at radius 3 is 2.61 bits per heavy atom. The van der Waals surface area contributed by atoms with E-state index >= 15 is 0 Å². The number of fused-ring (bicyclic) bond motifs is 1. The third kappa shape index (κ3) is 5.15. The van der Waals surface area contributed by atoms with Crippen molar-refractivity contribution in [2.45, 2.75) is 13.3 Å². The molecule has 3 aromatic carbocycles. The Labute approximate surface area is 191 Å². The number of para-hydroxylation sites is 3. The van der Waals surface area contributed by atoms with E-state index in [4.69, 9.17) is 14.9 Å². The Bertz CT molecular complexity index is 1260. The molecule has 4 aromatic rings. The number of anilines is 3. The molecule has 1 aromatic heterocycles. The van der Waals surface area contributed by atoms with Crippen LogP contribution in [0.5, 0.6) is 5.75 Å². The van der Waals surface area contributed by atoms with Crippen molar-refractivity contribution < 1.29 is 18.7 Å². The Balaban J connectivity index is 1.28. The summed E-state index contributed by atoms with van der Waals surface area (Å²) in [5, 5.41) is 3.76. The number of furan rings is 1. The Kier molecular flexibility index (Phi) is 6.59. The van der Waals surface area contributed by atoms with Gasteiger partial charge in [0.2, 0.25) is 12.3 Å². The number of carbonyl (C=O) groups is 2. The molecule has 0 radical (unpaired) electrons. The van der Waals surface area contributed by atoms with Gasteiger partial charge < -0.3 is 20.2 Å². The average molecular weight is 444 g/mol. The highest BCUT2D eigenvalue weighted by molar-refractivity contribution is 6.05. The normalized spacial score (nSPS) is 10.7. The van der Waals surface area contributed by atoms with Crippen molar-refractivity contribution in [2.24, 2.45) is 0 Å². The number of nitrogen functional groups attached to an aromatic ring is 1. The fourth-order valence-electron chi connectivity index (χ4n) is 3.48. The Hall–Kier alpha value is -4.26. The minimum Gasteiger partial charge on any atom is -0.494 e. The maximum Gasteiger partial charge on any atom is 0.255 e. The molecule has 33 heavy (non-hydrogen) atoms. The number of hydrogen-bond donors (Lipinski definition) is 2. The molecule has 2 amide bonds. The van der Waals surface area contributed by atoms with Gasteiger partial charge in [0, 0.05) is 23.6 Å². The zero-order chi connectivity index (χ0) is 23.2. The van der Waals surface area contributed by atoms with Gasteiger partial charge in [0.1, 0.15) is 11.3 Å². The zero-order valence-electron chi connectivity index (χ0n) is 18.3. The van der Waals surface area contributed by atoms with E-state index in [1.165, 1.54) is 4.90 Å². The van der Waals surface area contributed by atoms with Crippen molar-refractivity contribution in [3.8, 4) is 5.75 Å². The fourth-order valence-corrected chi connectivity index (χ4v) is 3.48. The van der Waals surface area contributed by atoms with Crippen molar-refractivity contribution in [3.63, 3.8) is 0 Å². The van der Waals surface area contributed by atoms with Crippen LogP contribution in [0.25, 0.3) is 11.0 Å². The highest BCUT2D eigenvalue weighted by atomic mass is 16.5. The monoisotopic (exact) mass is 443 g/mol. The Morgan fingerprint density at radius 1 is 1.09 bits per heavy atom. The van der Waals surface area contributed by atoms with Gasteiger partial charge in [-0.3, -0.25) is 14.5 Å². The van der Waals surface area contributed by atoms with Gasteiger partial charge in [-0.1, -0.05) is 30.3 Å². The van der Waals surface area contributed by atoms with Crippen LogP contribution in [0.15, 0.2) is 77.2 Å². The van der Waals surface area contributed by atoms with Crippen LogP contribution in [0.3, 0.4) is 0 Å². The van der Waals surface area contributed by atoms with Gasteiger partial charge in [-0.05, 0) is 55.3 Å². The van der Waals surface area contributed by atoms with Gasteiger partial charge in [-0.15, -0.1) is 0 Å². The lowest BCUT2D eigenvalue weighted by Crippen LogP contribution is -2.23. The van der Waals surface area contributed by atoms with E-state index in [1.54, 1.807) is 36.4 Å². The molecule has 0 saturated heterocycles. The number of carbonyl (C=O) groups excluding carboxylic acids is 2. The Morgan fingerprint density at radius 2 is 1.88 bits per heavy atom. The topological polar surface area (TPSA) is 97.8 Å². The number of nitrogens with one attached hydrogen (secondary N) is 1. The molecule has 3 N–H and O–H groups in total. The van der Waals surface area contributed by atoms with E-state index in [-0.39, 0.29) is 5.91 Å². The number of nitrogens with zero attached hydrogens (tertiary/aromatic N) is 1. The van der Waals surface area contributed by atoms with E-state index < -0.39 is 0 Å².